The second-order valence-electron chi connectivity index (χ2n) is 14.7. The number of nitrogens with zero attached hydrogens (tertiary/aromatic N) is 1. The van der Waals surface area contributed by atoms with Crippen molar-refractivity contribution >= 4 is 45.9 Å². The molecule has 4 aromatic rings. The summed E-state index contributed by atoms with van der Waals surface area (Å²) in [5.41, 5.74) is 1.55. The van der Waals surface area contributed by atoms with Gasteiger partial charge in [-0.25, -0.2) is 19.2 Å². The van der Waals surface area contributed by atoms with E-state index in [2.05, 4.69) is 15.6 Å². The molecule has 2 aromatic heterocycles. The molecular weight excluding hydrogens is 684 g/mol. The number of aliphatic carboxylic acids is 2. The number of carbonyl (C=O) groups excluding carboxylic acids is 2. The van der Waals surface area contributed by atoms with Gasteiger partial charge in [-0.3, -0.25) is 0 Å². The first kappa shape index (κ1) is 45.6. The molecule has 0 aliphatic rings. The molecule has 5 N–H and O–H groups in total. The fraction of sp³-hybridized carbons (Fsp3) is 0.459. The maximum Gasteiger partial charge on any atom is 1.00 e. The molecule has 274 valence electrons. The normalized spacial score (nSPS) is 12.5. The number of H-pyrrole nitrogens is 1. The second kappa shape index (κ2) is 19.4. The monoisotopic (exact) mass is 734 g/mol. The van der Waals surface area contributed by atoms with Gasteiger partial charge in [-0.05, 0) is 64.8 Å². The molecule has 0 aliphatic heterocycles. The van der Waals surface area contributed by atoms with Gasteiger partial charge in [0, 0.05) is 54.1 Å². The van der Waals surface area contributed by atoms with Gasteiger partial charge in [-0.2, -0.15) is 0 Å². The van der Waals surface area contributed by atoms with Crippen LogP contribution in [-0.4, -0.2) is 72.8 Å². The summed E-state index contributed by atoms with van der Waals surface area (Å²) in [6.45, 7) is 15.3. The SMILES string of the molecule is CC(C)(C)OC(=O)N[C@H](Cc1c[nH]c2ccccc12)C(=O)O.CC(C)(C)[O-].Cn1cc(C[C@@H](NC(=O)OC(C)(C)C)C(=O)O)c2ccccc21.[K+]. The quantitative estimate of drug-likeness (QED) is 0.169. The molecule has 4 rings (SSSR count). The zero-order valence-corrected chi connectivity index (χ0v) is 34.7. The molecular formula is C37H51KN4O9. The minimum atomic E-state index is -1.10. The Hall–Kier alpha value is -3.40. The Bertz CT molecular complexity index is 1760. The van der Waals surface area contributed by atoms with E-state index in [4.69, 9.17) is 9.47 Å². The third-order valence-corrected chi connectivity index (χ3v) is 6.48. The molecule has 0 saturated carbocycles. The van der Waals surface area contributed by atoms with E-state index < -0.39 is 53.0 Å². The fourth-order valence-corrected chi connectivity index (χ4v) is 4.63. The number of carboxylic acids is 2. The van der Waals surface area contributed by atoms with E-state index in [1.165, 1.54) is 0 Å². The number of hydrogen-bond donors (Lipinski definition) is 5. The van der Waals surface area contributed by atoms with Gasteiger partial charge < -0.3 is 45.0 Å². The van der Waals surface area contributed by atoms with Crippen LogP contribution in [-0.2, 0) is 39.0 Å². The van der Waals surface area contributed by atoms with E-state index >= 15 is 0 Å². The Kier molecular flexibility index (Phi) is 17.4. The average Bonchev–Trinajstić information content (AvgIpc) is 3.50. The Morgan fingerprint density at radius 1 is 0.745 bits per heavy atom. The first-order chi connectivity index (χ1) is 22.9. The van der Waals surface area contributed by atoms with E-state index in [1.807, 2.05) is 66.3 Å². The standard InChI is InChI=1S/C17H22N2O4.C16H20N2O4.C4H9O.K/c1-17(2,3)23-16(22)18-13(15(20)21)9-11-10-19(4)14-8-6-5-7-12(11)14;1-16(2,3)22-15(21)18-13(14(19)20)8-10-9-17-12-7-5-4-6-11(10)12;1-4(2,3)5;/h5-8,10,13H,9H2,1-4H3,(H,18,22)(H,20,21);4-7,9,13,17H,8H2,1-3H3,(H,18,21)(H,19,20);1-3H3;/q;;-1;+1/t2*13-;;/m11../s1. The summed E-state index contributed by atoms with van der Waals surface area (Å²) in [5, 5.41) is 35.5. The molecule has 2 heterocycles. The van der Waals surface area contributed by atoms with Crippen LogP contribution >= 0.6 is 0 Å². The van der Waals surface area contributed by atoms with E-state index in [9.17, 15) is 34.5 Å². The summed E-state index contributed by atoms with van der Waals surface area (Å²) in [4.78, 5) is 49.5. The number of amides is 2. The molecule has 14 heteroatoms. The van der Waals surface area contributed by atoms with Crippen molar-refractivity contribution in [3.63, 3.8) is 0 Å². The third-order valence-electron chi connectivity index (χ3n) is 6.48. The van der Waals surface area contributed by atoms with Crippen molar-refractivity contribution in [2.75, 3.05) is 0 Å². The van der Waals surface area contributed by atoms with Gasteiger partial charge in [0.05, 0.1) is 0 Å². The third kappa shape index (κ3) is 17.1. The van der Waals surface area contributed by atoms with Crippen LogP contribution in [0.25, 0.3) is 21.8 Å². The molecule has 2 aromatic carbocycles. The first-order valence-electron chi connectivity index (χ1n) is 16.2. The summed E-state index contributed by atoms with van der Waals surface area (Å²) in [6, 6.07) is 13.3. The summed E-state index contributed by atoms with van der Waals surface area (Å²) < 4.78 is 12.2. The van der Waals surface area contributed by atoms with Gasteiger partial charge in [0.2, 0.25) is 0 Å². The van der Waals surface area contributed by atoms with Crippen molar-refractivity contribution in [3.8, 4) is 0 Å². The molecule has 0 spiro atoms. The van der Waals surface area contributed by atoms with Gasteiger partial charge in [-0.1, -0.05) is 57.2 Å². The van der Waals surface area contributed by atoms with Crippen LogP contribution in [0.4, 0.5) is 9.59 Å². The number of carbonyl (C=O) groups is 4. The molecule has 51 heavy (non-hydrogen) atoms. The summed E-state index contributed by atoms with van der Waals surface area (Å²) >= 11 is 0. The Morgan fingerprint density at radius 2 is 1.16 bits per heavy atom. The zero-order chi connectivity index (χ0) is 38.0. The maximum absolute atomic E-state index is 11.8. The summed E-state index contributed by atoms with van der Waals surface area (Å²) in [6.07, 6.45) is 2.55. The smallest absolute Gasteiger partial charge is 0.850 e. The molecule has 0 radical (unpaired) electrons. The van der Waals surface area contributed by atoms with Crippen LogP contribution in [0.3, 0.4) is 0 Å². The van der Waals surface area contributed by atoms with Crippen molar-refractivity contribution in [2.24, 2.45) is 7.05 Å². The average molecular weight is 735 g/mol. The van der Waals surface area contributed by atoms with Crippen molar-refractivity contribution in [1.29, 1.82) is 0 Å². The first-order valence-corrected chi connectivity index (χ1v) is 16.2. The van der Waals surface area contributed by atoms with Crippen molar-refractivity contribution < 1.29 is 95.4 Å². The van der Waals surface area contributed by atoms with Crippen LogP contribution in [0, 0.1) is 0 Å². The number of ether oxygens (including phenoxy) is 2. The van der Waals surface area contributed by atoms with Crippen LogP contribution in [0.2, 0.25) is 0 Å². The molecule has 0 bridgehead atoms. The molecule has 2 atom stereocenters. The number of nitrogens with one attached hydrogen (secondary N) is 3. The van der Waals surface area contributed by atoms with Crippen molar-refractivity contribution in [2.45, 2.75) is 104 Å². The molecule has 0 saturated heterocycles. The Balaban J connectivity index is 0.000000443. The molecule has 0 unspecified atom stereocenters. The number of aromatic amines is 1. The number of hydrogen-bond acceptors (Lipinski definition) is 7. The summed E-state index contributed by atoms with van der Waals surface area (Å²) in [5.74, 6) is -2.19. The number of para-hydroxylation sites is 2. The second-order valence-corrected chi connectivity index (χ2v) is 14.7. The molecule has 0 aliphatic carbocycles. The van der Waals surface area contributed by atoms with Crippen molar-refractivity contribution in [1.82, 2.24) is 20.2 Å². The number of alkyl carbamates (subject to hydrolysis) is 2. The number of aromatic nitrogens is 2. The van der Waals surface area contributed by atoms with E-state index in [0.29, 0.717) is 0 Å². The van der Waals surface area contributed by atoms with Gasteiger partial charge in [-0.15, -0.1) is 5.60 Å². The summed E-state index contributed by atoms with van der Waals surface area (Å²) in [7, 11) is 1.91. The maximum atomic E-state index is 11.8. The largest absolute Gasteiger partial charge is 1.00 e. The number of rotatable bonds is 8. The van der Waals surface area contributed by atoms with E-state index in [1.54, 1.807) is 68.5 Å². The predicted molar refractivity (Wildman–Crippen MR) is 190 cm³/mol. The molecule has 0 fully saturated rings. The van der Waals surface area contributed by atoms with Gasteiger partial charge in [0.1, 0.15) is 23.3 Å². The van der Waals surface area contributed by atoms with Gasteiger partial charge in [0.15, 0.2) is 0 Å². The fourth-order valence-electron chi connectivity index (χ4n) is 4.63. The number of benzene rings is 2. The predicted octanol–water partition coefficient (Wildman–Crippen LogP) is 2.54. The van der Waals surface area contributed by atoms with Gasteiger partial charge in [0.25, 0.3) is 0 Å². The van der Waals surface area contributed by atoms with Crippen LogP contribution in [0.1, 0.15) is 73.4 Å². The molecule has 2 amide bonds. The Morgan fingerprint density at radius 3 is 1.61 bits per heavy atom. The van der Waals surface area contributed by atoms with Crippen LogP contribution < -0.4 is 67.1 Å². The van der Waals surface area contributed by atoms with Gasteiger partial charge >= 0.3 is 75.5 Å². The van der Waals surface area contributed by atoms with Crippen LogP contribution in [0.5, 0.6) is 0 Å². The number of aryl methyl sites for hydroxylation is 1. The van der Waals surface area contributed by atoms with E-state index in [0.717, 1.165) is 32.9 Å². The van der Waals surface area contributed by atoms with E-state index in [-0.39, 0.29) is 64.2 Å². The zero-order valence-electron chi connectivity index (χ0n) is 31.5. The Labute approximate surface area is 341 Å². The minimum absolute atomic E-state index is 0. The number of carboxylic acid groups (broad SMARTS) is 2. The van der Waals surface area contributed by atoms with Crippen LogP contribution in [0.15, 0.2) is 60.9 Å². The topological polar surface area (TPSA) is 195 Å². The van der Waals surface area contributed by atoms with Crippen molar-refractivity contribution in [3.05, 3.63) is 72.1 Å². The number of fused-ring (bicyclic) bond motifs is 2. The molecule has 13 nitrogen and oxygen atoms in total. The minimum Gasteiger partial charge on any atom is -0.850 e.